The van der Waals surface area contributed by atoms with Crippen molar-refractivity contribution in [2.45, 2.75) is 52.9 Å². The van der Waals surface area contributed by atoms with E-state index in [0.717, 1.165) is 5.92 Å². The van der Waals surface area contributed by atoms with Gasteiger partial charge in [0.1, 0.15) is 0 Å². The highest BCUT2D eigenvalue weighted by Crippen LogP contribution is 2.28. The van der Waals surface area contributed by atoms with Crippen molar-refractivity contribution in [3.05, 3.63) is 35.5 Å². The van der Waals surface area contributed by atoms with Crippen molar-refractivity contribution in [2.75, 3.05) is 0 Å². The van der Waals surface area contributed by atoms with Crippen LogP contribution < -0.4 is 0 Å². The monoisotopic (exact) mass is 243 g/mol. The summed E-state index contributed by atoms with van der Waals surface area (Å²) >= 11 is 0. The van der Waals surface area contributed by atoms with Gasteiger partial charge in [-0.15, -0.1) is 0 Å². The fourth-order valence-corrected chi connectivity index (χ4v) is 2.30. The summed E-state index contributed by atoms with van der Waals surface area (Å²) < 4.78 is 0. The van der Waals surface area contributed by atoms with Crippen LogP contribution in [0.25, 0.3) is 10.9 Å². The summed E-state index contributed by atoms with van der Waals surface area (Å²) in [6, 6.07) is 6.82. The number of aryl methyl sites for hydroxylation is 1. The van der Waals surface area contributed by atoms with Crippen LogP contribution in [0, 0.1) is 5.92 Å². The Morgan fingerprint density at radius 2 is 1.89 bits per heavy atom. The maximum atomic E-state index is 3.39. The molecule has 18 heavy (non-hydrogen) atoms. The summed E-state index contributed by atoms with van der Waals surface area (Å²) in [5, 5.41) is 1.41. The van der Waals surface area contributed by atoms with Crippen molar-refractivity contribution in [3.63, 3.8) is 0 Å². The van der Waals surface area contributed by atoms with E-state index in [1.54, 1.807) is 0 Å². The van der Waals surface area contributed by atoms with Gasteiger partial charge in [-0.1, -0.05) is 40.7 Å². The summed E-state index contributed by atoms with van der Waals surface area (Å²) in [4.78, 5) is 3.39. The Bertz CT molecular complexity index is 526. The fraction of sp³-hybridized carbons (Fsp3) is 0.529. The molecule has 0 unspecified atom stereocenters. The SMILES string of the molecule is CC(C)CCc1c[nH]c2ccc(C(C)(C)C)cc12. The zero-order chi connectivity index (χ0) is 13.3. The standard InChI is InChI=1S/C17H25N/c1-12(2)6-7-13-11-18-16-9-8-14(10-15(13)16)17(3,4)5/h8-12,18H,6-7H2,1-5H3. The van der Waals surface area contributed by atoms with Crippen molar-refractivity contribution in [1.82, 2.24) is 4.98 Å². The second-order valence-electron chi connectivity index (χ2n) is 6.76. The van der Waals surface area contributed by atoms with Crippen LogP contribution in [-0.2, 0) is 11.8 Å². The highest BCUT2D eigenvalue weighted by atomic mass is 14.7. The van der Waals surface area contributed by atoms with E-state index in [-0.39, 0.29) is 5.41 Å². The maximum absolute atomic E-state index is 3.39. The van der Waals surface area contributed by atoms with Crippen LogP contribution in [0.1, 0.15) is 52.2 Å². The molecule has 0 atom stereocenters. The molecule has 1 heterocycles. The lowest BCUT2D eigenvalue weighted by atomic mass is 9.86. The first kappa shape index (κ1) is 13.2. The normalized spacial score (nSPS) is 12.6. The molecule has 0 saturated carbocycles. The average Bonchev–Trinajstić information content (AvgIpc) is 2.67. The third-order valence-electron chi connectivity index (χ3n) is 3.62. The lowest BCUT2D eigenvalue weighted by Crippen LogP contribution is -2.10. The summed E-state index contributed by atoms with van der Waals surface area (Å²) in [7, 11) is 0. The van der Waals surface area contributed by atoms with E-state index in [4.69, 9.17) is 0 Å². The maximum Gasteiger partial charge on any atom is 0.0456 e. The van der Waals surface area contributed by atoms with Gasteiger partial charge in [0.15, 0.2) is 0 Å². The first-order chi connectivity index (χ1) is 8.38. The Balaban J connectivity index is 2.37. The van der Waals surface area contributed by atoms with Gasteiger partial charge < -0.3 is 4.98 Å². The van der Waals surface area contributed by atoms with Gasteiger partial charge >= 0.3 is 0 Å². The molecule has 0 radical (unpaired) electrons. The first-order valence-corrected chi connectivity index (χ1v) is 6.98. The largest absolute Gasteiger partial charge is 0.361 e. The molecule has 1 nitrogen and oxygen atoms in total. The predicted molar refractivity (Wildman–Crippen MR) is 80.2 cm³/mol. The van der Waals surface area contributed by atoms with Crippen LogP contribution >= 0.6 is 0 Å². The van der Waals surface area contributed by atoms with Gasteiger partial charge in [0.2, 0.25) is 0 Å². The van der Waals surface area contributed by atoms with Crippen LogP contribution in [0.3, 0.4) is 0 Å². The van der Waals surface area contributed by atoms with Gasteiger partial charge in [0.05, 0.1) is 0 Å². The molecule has 0 spiro atoms. The molecule has 1 N–H and O–H groups in total. The molecule has 0 saturated heterocycles. The number of hydrogen-bond donors (Lipinski definition) is 1. The number of nitrogens with one attached hydrogen (secondary N) is 1. The van der Waals surface area contributed by atoms with Crippen LogP contribution in [-0.4, -0.2) is 4.98 Å². The van der Waals surface area contributed by atoms with Gasteiger partial charge in [-0.05, 0) is 47.4 Å². The van der Waals surface area contributed by atoms with Crippen LogP contribution in [0.15, 0.2) is 24.4 Å². The molecular formula is C17H25N. The molecule has 2 aromatic rings. The van der Waals surface area contributed by atoms with Crippen LogP contribution in [0.4, 0.5) is 0 Å². The molecule has 0 aliphatic rings. The summed E-state index contributed by atoms with van der Waals surface area (Å²) in [5.41, 5.74) is 4.37. The van der Waals surface area contributed by atoms with Crippen molar-refractivity contribution >= 4 is 10.9 Å². The second-order valence-corrected chi connectivity index (χ2v) is 6.76. The number of H-pyrrole nitrogens is 1. The Kier molecular flexibility index (Phi) is 3.52. The van der Waals surface area contributed by atoms with Crippen LogP contribution in [0.5, 0.6) is 0 Å². The minimum absolute atomic E-state index is 0.223. The van der Waals surface area contributed by atoms with E-state index in [2.05, 4.69) is 64.0 Å². The quantitative estimate of drug-likeness (QED) is 0.776. The molecular weight excluding hydrogens is 218 g/mol. The number of aromatic amines is 1. The molecule has 0 aliphatic carbocycles. The molecule has 2 rings (SSSR count). The predicted octanol–water partition coefficient (Wildman–Crippen LogP) is 5.05. The van der Waals surface area contributed by atoms with E-state index >= 15 is 0 Å². The molecule has 1 aromatic carbocycles. The van der Waals surface area contributed by atoms with E-state index in [9.17, 15) is 0 Å². The third kappa shape index (κ3) is 2.77. The van der Waals surface area contributed by atoms with Crippen molar-refractivity contribution in [1.29, 1.82) is 0 Å². The Morgan fingerprint density at radius 3 is 2.50 bits per heavy atom. The number of fused-ring (bicyclic) bond motifs is 1. The molecule has 1 heteroatoms. The molecule has 0 aliphatic heterocycles. The summed E-state index contributed by atoms with van der Waals surface area (Å²) in [6.45, 7) is 11.4. The number of benzene rings is 1. The Labute approximate surface area is 111 Å². The van der Waals surface area contributed by atoms with E-state index in [0.29, 0.717) is 0 Å². The summed E-state index contributed by atoms with van der Waals surface area (Å²) in [6.07, 6.45) is 4.61. The fourth-order valence-electron chi connectivity index (χ4n) is 2.30. The molecule has 1 aromatic heterocycles. The number of aromatic nitrogens is 1. The van der Waals surface area contributed by atoms with Crippen molar-refractivity contribution < 1.29 is 0 Å². The van der Waals surface area contributed by atoms with E-state index < -0.39 is 0 Å². The molecule has 0 amide bonds. The highest BCUT2D eigenvalue weighted by Gasteiger charge is 2.15. The molecule has 0 bridgehead atoms. The highest BCUT2D eigenvalue weighted by molar-refractivity contribution is 5.84. The van der Waals surface area contributed by atoms with E-state index in [1.165, 1.54) is 34.9 Å². The van der Waals surface area contributed by atoms with Gasteiger partial charge in [0.25, 0.3) is 0 Å². The van der Waals surface area contributed by atoms with Gasteiger partial charge in [-0.2, -0.15) is 0 Å². The van der Waals surface area contributed by atoms with Crippen molar-refractivity contribution in [2.24, 2.45) is 5.92 Å². The van der Waals surface area contributed by atoms with E-state index in [1.807, 2.05) is 0 Å². The first-order valence-electron chi connectivity index (χ1n) is 6.98. The number of rotatable bonds is 3. The Morgan fingerprint density at radius 1 is 1.17 bits per heavy atom. The summed E-state index contributed by atoms with van der Waals surface area (Å²) in [5.74, 6) is 0.765. The average molecular weight is 243 g/mol. The van der Waals surface area contributed by atoms with Gasteiger partial charge in [0, 0.05) is 17.1 Å². The third-order valence-corrected chi connectivity index (χ3v) is 3.62. The lowest BCUT2D eigenvalue weighted by molar-refractivity contribution is 0.586. The molecule has 0 fully saturated rings. The lowest BCUT2D eigenvalue weighted by Gasteiger charge is -2.19. The Hall–Kier alpha value is -1.24. The van der Waals surface area contributed by atoms with Crippen molar-refractivity contribution in [3.8, 4) is 0 Å². The zero-order valence-electron chi connectivity index (χ0n) is 12.3. The minimum atomic E-state index is 0.223. The second kappa shape index (κ2) is 4.79. The van der Waals surface area contributed by atoms with Crippen LogP contribution in [0.2, 0.25) is 0 Å². The van der Waals surface area contributed by atoms with Gasteiger partial charge in [-0.3, -0.25) is 0 Å². The zero-order valence-corrected chi connectivity index (χ0v) is 12.3. The van der Waals surface area contributed by atoms with Gasteiger partial charge in [-0.25, -0.2) is 0 Å². The molecule has 98 valence electrons. The number of hydrogen-bond acceptors (Lipinski definition) is 0. The topological polar surface area (TPSA) is 15.8 Å². The minimum Gasteiger partial charge on any atom is -0.361 e. The smallest absolute Gasteiger partial charge is 0.0456 e.